The monoisotopic (exact) mass is 335 g/mol. The second-order valence-corrected chi connectivity index (χ2v) is 7.61. The summed E-state index contributed by atoms with van der Waals surface area (Å²) in [6.07, 6.45) is -4.24. The summed E-state index contributed by atoms with van der Waals surface area (Å²) in [6, 6.07) is 4.57. The predicted molar refractivity (Wildman–Crippen MR) is 80.7 cm³/mol. The molecule has 1 aromatic rings. The van der Waals surface area contributed by atoms with Gasteiger partial charge in [-0.2, -0.15) is 13.2 Å². The van der Waals surface area contributed by atoms with Crippen LogP contribution in [-0.2, 0) is 27.5 Å². The number of benzene rings is 1. The van der Waals surface area contributed by atoms with Gasteiger partial charge in [0.15, 0.2) is 0 Å². The van der Waals surface area contributed by atoms with Gasteiger partial charge >= 0.3 is 6.18 Å². The highest BCUT2D eigenvalue weighted by molar-refractivity contribution is 7.84. The minimum atomic E-state index is -4.37. The zero-order chi connectivity index (χ0) is 17.0. The second kappa shape index (κ2) is 7.26. The Kier molecular flexibility index (Phi) is 6.17. The van der Waals surface area contributed by atoms with Gasteiger partial charge < -0.3 is 5.32 Å². The lowest BCUT2D eigenvalue weighted by Crippen LogP contribution is -2.41. The minimum absolute atomic E-state index is 0.129. The minimum Gasteiger partial charge on any atom is -0.351 e. The summed E-state index contributed by atoms with van der Waals surface area (Å²) in [5, 5.41) is 2.76. The molecular weight excluding hydrogens is 315 g/mol. The Morgan fingerprint density at radius 2 is 1.68 bits per heavy atom. The number of alkyl halides is 3. The number of amides is 1. The first-order valence-corrected chi connectivity index (χ1v) is 8.28. The van der Waals surface area contributed by atoms with Crippen LogP contribution in [0, 0.1) is 0 Å². The average molecular weight is 335 g/mol. The van der Waals surface area contributed by atoms with E-state index in [4.69, 9.17) is 0 Å². The number of hydrogen-bond donors (Lipinski definition) is 1. The van der Waals surface area contributed by atoms with E-state index in [9.17, 15) is 22.2 Å². The first kappa shape index (κ1) is 18.7. The van der Waals surface area contributed by atoms with Gasteiger partial charge in [-0.1, -0.05) is 12.1 Å². The Morgan fingerprint density at radius 1 is 1.14 bits per heavy atom. The highest BCUT2D eigenvalue weighted by atomic mass is 32.2. The standard InChI is InChI=1S/C15H20F3NO2S/c1-14(2,3)19-13(20)8-9-22(21)10-11-4-6-12(7-5-11)15(16,17)18/h4-7H,8-10H2,1-3H3,(H,19,20)/t22-/m1/s1. The van der Waals surface area contributed by atoms with E-state index < -0.39 is 22.5 Å². The van der Waals surface area contributed by atoms with Crippen LogP contribution in [0.25, 0.3) is 0 Å². The molecule has 1 atom stereocenters. The molecule has 22 heavy (non-hydrogen) atoms. The van der Waals surface area contributed by atoms with E-state index in [1.165, 1.54) is 12.1 Å². The van der Waals surface area contributed by atoms with Crippen LogP contribution in [0.15, 0.2) is 24.3 Å². The van der Waals surface area contributed by atoms with E-state index in [1.54, 1.807) is 0 Å². The zero-order valence-corrected chi connectivity index (χ0v) is 13.6. The Balaban J connectivity index is 2.47. The smallest absolute Gasteiger partial charge is 0.351 e. The van der Waals surface area contributed by atoms with E-state index >= 15 is 0 Å². The van der Waals surface area contributed by atoms with Gasteiger partial charge in [-0.05, 0) is 38.5 Å². The van der Waals surface area contributed by atoms with Crippen LogP contribution >= 0.6 is 0 Å². The van der Waals surface area contributed by atoms with Crippen molar-refractivity contribution in [1.29, 1.82) is 0 Å². The van der Waals surface area contributed by atoms with Gasteiger partial charge in [0, 0.05) is 34.3 Å². The fraction of sp³-hybridized carbons (Fsp3) is 0.533. The fourth-order valence-corrected chi connectivity index (χ4v) is 2.86. The number of nitrogens with one attached hydrogen (secondary N) is 1. The zero-order valence-electron chi connectivity index (χ0n) is 12.8. The maximum absolute atomic E-state index is 12.4. The molecule has 1 amide bonds. The molecule has 0 unspecified atom stereocenters. The summed E-state index contributed by atoms with van der Waals surface area (Å²) in [7, 11) is -1.29. The van der Waals surface area contributed by atoms with Crippen molar-refractivity contribution in [3.8, 4) is 0 Å². The van der Waals surface area contributed by atoms with Crippen LogP contribution in [0.1, 0.15) is 38.3 Å². The van der Waals surface area contributed by atoms with Crippen molar-refractivity contribution in [2.24, 2.45) is 0 Å². The maximum Gasteiger partial charge on any atom is 0.416 e. The van der Waals surface area contributed by atoms with Crippen molar-refractivity contribution < 1.29 is 22.2 Å². The van der Waals surface area contributed by atoms with Crippen LogP contribution in [-0.4, -0.2) is 21.4 Å². The lowest BCUT2D eigenvalue weighted by molar-refractivity contribution is -0.137. The molecule has 1 N–H and O–H groups in total. The molecule has 0 aliphatic heterocycles. The highest BCUT2D eigenvalue weighted by Crippen LogP contribution is 2.29. The normalized spacial score (nSPS) is 13.7. The van der Waals surface area contributed by atoms with Crippen molar-refractivity contribution in [2.45, 2.75) is 44.7 Å². The molecule has 0 heterocycles. The Hall–Kier alpha value is -1.37. The van der Waals surface area contributed by atoms with Crippen LogP contribution < -0.4 is 5.32 Å². The van der Waals surface area contributed by atoms with E-state index in [0.717, 1.165) is 12.1 Å². The van der Waals surface area contributed by atoms with Crippen LogP contribution in [0.2, 0.25) is 0 Å². The molecule has 1 rings (SSSR count). The van der Waals surface area contributed by atoms with E-state index in [-0.39, 0.29) is 29.4 Å². The van der Waals surface area contributed by atoms with Crippen molar-refractivity contribution in [2.75, 3.05) is 5.75 Å². The van der Waals surface area contributed by atoms with Crippen LogP contribution in [0.3, 0.4) is 0 Å². The van der Waals surface area contributed by atoms with Crippen molar-refractivity contribution in [3.05, 3.63) is 35.4 Å². The van der Waals surface area contributed by atoms with E-state index in [0.29, 0.717) is 5.56 Å². The molecule has 0 spiro atoms. The first-order chi connectivity index (χ1) is 9.97. The summed E-state index contributed by atoms with van der Waals surface area (Å²) >= 11 is 0. The van der Waals surface area contributed by atoms with Gasteiger partial charge in [-0.25, -0.2) is 0 Å². The lowest BCUT2D eigenvalue weighted by atomic mass is 10.1. The predicted octanol–water partition coefficient (Wildman–Crippen LogP) is 3.26. The molecule has 0 bridgehead atoms. The number of carbonyl (C=O) groups is 1. The van der Waals surface area contributed by atoms with Crippen molar-refractivity contribution in [3.63, 3.8) is 0 Å². The third kappa shape index (κ3) is 7.06. The van der Waals surface area contributed by atoms with Crippen molar-refractivity contribution in [1.82, 2.24) is 5.32 Å². The molecule has 0 aromatic heterocycles. The van der Waals surface area contributed by atoms with Gasteiger partial charge in [0.2, 0.25) is 5.91 Å². The number of carbonyl (C=O) groups excluding carboxylic acids is 1. The quantitative estimate of drug-likeness (QED) is 0.898. The molecule has 124 valence electrons. The van der Waals surface area contributed by atoms with Crippen LogP contribution in [0.4, 0.5) is 13.2 Å². The number of halogens is 3. The van der Waals surface area contributed by atoms with Gasteiger partial charge in [-0.15, -0.1) is 0 Å². The number of rotatable bonds is 5. The van der Waals surface area contributed by atoms with E-state index in [2.05, 4.69) is 5.32 Å². The summed E-state index contributed by atoms with van der Waals surface area (Å²) in [4.78, 5) is 11.6. The summed E-state index contributed by atoms with van der Waals surface area (Å²) in [5.74, 6) is 0.136. The summed E-state index contributed by atoms with van der Waals surface area (Å²) < 4.78 is 49.1. The maximum atomic E-state index is 12.4. The van der Waals surface area contributed by atoms with E-state index in [1.807, 2.05) is 20.8 Å². The molecule has 7 heteroatoms. The largest absolute Gasteiger partial charge is 0.416 e. The van der Waals surface area contributed by atoms with Gasteiger partial charge in [-0.3, -0.25) is 9.00 Å². The third-order valence-electron chi connectivity index (χ3n) is 2.68. The molecular formula is C15H20F3NO2S. The summed E-state index contributed by atoms with van der Waals surface area (Å²) in [6.45, 7) is 5.55. The fourth-order valence-electron chi connectivity index (χ4n) is 1.74. The molecule has 0 fully saturated rings. The Labute approximate surface area is 130 Å². The van der Waals surface area contributed by atoms with Gasteiger partial charge in [0.1, 0.15) is 0 Å². The average Bonchev–Trinajstić information content (AvgIpc) is 2.34. The summed E-state index contributed by atoms with van der Waals surface area (Å²) in [5.41, 5.74) is -0.513. The van der Waals surface area contributed by atoms with Crippen LogP contribution in [0.5, 0.6) is 0 Å². The molecule has 0 aliphatic carbocycles. The molecule has 0 saturated heterocycles. The molecule has 0 saturated carbocycles. The second-order valence-electron chi connectivity index (χ2n) is 6.03. The highest BCUT2D eigenvalue weighted by Gasteiger charge is 2.29. The molecule has 3 nitrogen and oxygen atoms in total. The van der Waals surface area contributed by atoms with Crippen molar-refractivity contribution >= 4 is 16.7 Å². The first-order valence-electron chi connectivity index (χ1n) is 6.79. The SMILES string of the molecule is CC(C)(C)NC(=O)CC[S@@](=O)Cc1ccc(C(F)(F)F)cc1. The Bertz CT molecular complexity index is 533. The third-order valence-corrected chi connectivity index (χ3v) is 3.99. The van der Waals surface area contributed by atoms with Gasteiger partial charge in [0.05, 0.1) is 5.56 Å². The molecule has 0 aliphatic rings. The number of hydrogen-bond acceptors (Lipinski definition) is 2. The molecule has 1 aromatic carbocycles. The Morgan fingerprint density at radius 3 is 2.14 bits per heavy atom. The topological polar surface area (TPSA) is 46.2 Å². The van der Waals surface area contributed by atoms with Gasteiger partial charge in [0.25, 0.3) is 0 Å². The lowest BCUT2D eigenvalue weighted by Gasteiger charge is -2.20. The molecule has 0 radical (unpaired) electrons.